The molecule has 1 aromatic heterocycles. The highest BCUT2D eigenvalue weighted by Gasteiger charge is 2.18. The number of fused-ring (bicyclic) bond motifs is 1. The number of carboxylic acid groups (broad SMARTS) is 1. The molecule has 2 aromatic carbocycles. The molecule has 3 aromatic rings. The van der Waals surface area contributed by atoms with Gasteiger partial charge in [0.25, 0.3) is 10.0 Å². The molecule has 0 unspecified atom stereocenters. The van der Waals surface area contributed by atoms with Gasteiger partial charge in [0, 0.05) is 0 Å². The van der Waals surface area contributed by atoms with Gasteiger partial charge in [0.1, 0.15) is 0 Å². The number of thiazole rings is 1. The van der Waals surface area contributed by atoms with Crippen LogP contribution in [0.3, 0.4) is 0 Å². The largest absolute Gasteiger partial charge is 0.478 e. The Balaban J connectivity index is 1.86. The molecule has 0 amide bonds. The van der Waals surface area contributed by atoms with Crippen LogP contribution in [0.25, 0.3) is 10.2 Å². The third-order valence-electron chi connectivity index (χ3n) is 3.53. The lowest BCUT2D eigenvalue weighted by Crippen LogP contribution is -2.13. The molecule has 0 fully saturated rings. The minimum Gasteiger partial charge on any atom is -0.478 e. The van der Waals surface area contributed by atoms with E-state index in [2.05, 4.69) is 9.71 Å². The Hall–Kier alpha value is -2.98. The van der Waals surface area contributed by atoms with Crippen LogP contribution < -0.4 is 4.72 Å². The number of ether oxygens (including phenoxy) is 1. The summed E-state index contributed by atoms with van der Waals surface area (Å²) in [6.07, 6.45) is 0. The number of aromatic carboxylic acids is 1. The van der Waals surface area contributed by atoms with Gasteiger partial charge in [0.05, 0.1) is 32.8 Å². The van der Waals surface area contributed by atoms with Crippen molar-refractivity contribution in [2.24, 2.45) is 0 Å². The van der Waals surface area contributed by atoms with Crippen molar-refractivity contribution >= 4 is 48.6 Å². The minimum atomic E-state index is -3.93. The normalized spacial score (nSPS) is 11.3. The van der Waals surface area contributed by atoms with Crippen LogP contribution in [-0.4, -0.2) is 37.1 Å². The molecular weight excluding hydrogens is 392 g/mol. The second kappa shape index (κ2) is 7.33. The fraction of sp³-hybridized carbons (Fsp3) is 0.118. The van der Waals surface area contributed by atoms with E-state index in [1.165, 1.54) is 24.3 Å². The van der Waals surface area contributed by atoms with Crippen molar-refractivity contribution in [2.45, 2.75) is 11.8 Å². The Morgan fingerprint density at radius 3 is 2.44 bits per heavy atom. The van der Waals surface area contributed by atoms with Crippen molar-refractivity contribution in [3.63, 3.8) is 0 Å². The summed E-state index contributed by atoms with van der Waals surface area (Å²) >= 11 is 1.07. The molecule has 2 N–H and O–H groups in total. The van der Waals surface area contributed by atoms with Crippen molar-refractivity contribution in [3.05, 3.63) is 53.6 Å². The molecule has 0 radical (unpaired) electrons. The Morgan fingerprint density at radius 2 is 1.81 bits per heavy atom. The Labute approximate surface area is 158 Å². The van der Waals surface area contributed by atoms with Gasteiger partial charge in [0.2, 0.25) is 0 Å². The molecule has 0 aliphatic heterocycles. The van der Waals surface area contributed by atoms with E-state index in [-0.39, 0.29) is 22.2 Å². The fourth-order valence-corrected chi connectivity index (χ4v) is 4.40. The van der Waals surface area contributed by atoms with Crippen molar-refractivity contribution < 1.29 is 27.9 Å². The number of nitrogens with one attached hydrogen (secondary N) is 1. The van der Waals surface area contributed by atoms with Crippen molar-refractivity contribution in [3.8, 4) is 0 Å². The fourth-order valence-electron chi connectivity index (χ4n) is 2.26. The number of hydrogen-bond acceptors (Lipinski definition) is 7. The second-order valence-corrected chi connectivity index (χ2v) is 8.07. The molecule has 0 bridgehead atoms. The highest BCUT2D eigenvalue weighted by molar-refractivity contribution is 7.93. The number of hydrogen-bond donors (Lipinski definition) is 2. The molecule has 27 heavy (non-hydrogen) atoms. The van der Waals surface area contributed by atoms with Gasteiger partial charge in [-0.15, -0.1) is 0 Å². The van der Waals surface area contributed by atoms with Crippen LogP contribution in [0.4, 0.5) is 5.13 Å². The summed E-state index contributed by atoms with van der Waals surface area (Å²) in [5, 5.41) is 9.02. The van der Waals surface area contributed by atoms with Gasteiger partial charge >= 0.3 is 11.9 Å². The van der Waals surface area contributed by atoms with E-state index in [4.69, 9.17) is 9.84 Å². The first-order valence-corrected chi connectivity index (χ1v) is 10.0. The molecule has 0 aliphatic carbocycles. The highest BCUT2D eigenvalue weighted by Crippen LogP contribution is 2.28. The average molecular weight is 406 g/mol. The lowest BCUT2D eigenvalue weighted by Gasteiger charge is -2.05. The van der Waals surface area contributed by atoms with Crippen LogP contribution in [0, 0.1) is 0 Å². The van der Waals surface area contributed by atoms with Gasteiger partial charge in [-0.2, -0.15) is 0 Å². The van der Waals surface area contributed by atoms with Gasteiger partial charge in [-0.25, -0.2) is 23.0 Å². The van der Waals surface area contributed by atoms with Gasteiger partial charge in [-0.05, 0) is 49.4 Å². The van der Waals surface area contributed by atoms with Gasteiger partial charge < -0.3 is 9.84 Å². The first-order chi connectivity index (χ1) is 12.8. The van der Waals surface area contributed by atoms with Crippen LogP contribution in [-0.2, 0) is 14.8 Å². The number of sulfonamides is 1. The standard InChI is InChI=1S/C17H14N2O6S2/c1-2-25-16(22)11-5-8-13-14(9-11)26-17(18-13)19-27(23,24)12-6-3-10(4-7-12)15(20)21/h3-9H,2H2,1H3,(H,18,19)(H,20,21). The zero-order valence-electron chi connectivity index (χ0n) is 14.0. The third kappa shape index (κ3) is 4.07. The number of aromatic nitrogens is 1. The zero-order valence-corrected chi connectivity index (χ0v) is 15.6. The molecule has 0 aliphatic rings. The lowest BCUT2D eigenvalue weighted by molar-refractivity contribution is 0.0526. The first-order valence-electron chi connectivity index (χ1n) is 7.74. The topological polar surface area (TPSA) is 123 Å². The smallest absolute Gasteiger partial charge is 0.338 e. The van der Waals surface area contributed by atoms with Crippen molar-refractivity contribution in [2.75, 3.05) is 11.3 Å². The zero-order chi connectivity index (χ0) is 19.6. The van der Waals surface area contributed by atoms with Crippen molar-refractivity contribution in [1.82, 2.24) is 4.98 Å². The summed E-state index contributed by atoms with van der Waals surface area (Å²) < 4.78 is 32.8. The second-order valence-electron chi connectivity index (χ2n) is 5.36. The SMILES string of the molecule is CCOC(=O)c1ccc2nc(NS(=O)(=O)c3ccc(C(=O)O)cc3)sc2c1. The summed E-state index contributed by atoms with van der Waals surface area (Å²) in [6, 6.07) is 9.59. The monoisotopic (exact) mass is 406 g/mol. The number of rotatable bonds is 6. The van der Waals surface area contributed by atoms with Crippen LogP contribution in [0.1, 0.15) is 27.6 Å². The number of anilines is 1. The maximum Gasteiger partial charge on any atom is 0.338 e. The van der Waals surface area contributed by atoms with Crippen LogP contribution in [0.15, 0.2) is 47.4 Å². The summed E-state index contributed by atoms with van der Waals surface area (Å²) in [4.78, 5) is 26.8. The molecule has 0 saturated carbocycles. The summed E-state index contributed by atoms with van der Waals surface area (Å²) in [5.74, 6) is -1.61. The van der Waals surface area contributed by atoms with E-state index in [1.807, 2.05) is 0 Å². The predicted molar refractivity (Wildman–Crippen MR) is 99.8 cm³/mol. The average Bonchev–Trinajstić information content (AvgIpc) is 3.02. The third-order valence-corrected chi connectivity index (χ3v) is 5.95. The van der Waals surface area contributed by atoms with Crippen LogP contribution >= 0.6 is 11.3 Å². The van der Waals surface area contributed by atoms with E-state index in [0.717, 1.165) is 11.3 Å². The van der Waals surface area contributed by atoms with E-state index in [1.54, 1.807) is 25.1 Å². The van der Waals surface area contributed by atoms with E-state index in [0.29, 0.717) is 15.8 Å². The lowest BCUT2D eigenvalue weighted by atomic mass is 10.2. The van der Waals surface area contributed by atoms with Gasteiger partial charge in [-0.3, -0.25) is 4.72 Å². The van der Waals surface area contributed by atoms with E-state index >= 15 is 0 Å². The number of nitrogens with zero attached hydrogens (tertiary/aromatic N) is 1. The quantitative estimate of drug-likeness (QED) is 0.603. The Morgan fingerprint density at radius 1 is 1.15 bits per heavy atom. The molecule has 0 saturated heterocycles. The molecule has 1 heterocycles. The van der Waals surface area contributed by atoms with Crippen LogP contribution in [0.5, 0.6) is 0 Å². The molecule has 8 nitrogen and oxygen atoms in total. The van der Waals surface area contributed by atoms with E-state index in [9.17, 15) is 18.0 Å². The first kappa shape index (κ1) is 18.8. The highest BCUT2D eigenvalue weighted by atomic mass is 32.2. The maximum absolute atomic E-state index is 12.5. The Kier molecular flexibility index (Phi) is 5.10. The summed E-state index contributed by atoms with van der Waals surface area (Å²) in [5.41, 5.74) is 0.874. The molecule has 10 heteroatoms. The molecular formula is C17H14N2O6S2. The maximum atomic E-state index is 12.5. The summed E-state index contributed by atoms with van der Waals surface area (Å²) in [7, 11) is -3.93. The van der Waals surface area contributed by atoms with E-state index < -0.39 is 22.0 Å². The number of carbonyl (C=O) groups is 2. The predicted octanol–water partition coefficient (Wildman–Crippen LogP) is 2.97. The summed E-state index contributed by atoms with van der Waals surface area (Å²) in [6.45, 7) is 1.96. The van der Waals surface area contributed by atoms with Gasteiger partial charge in [0.15, 0.2) is 5.13 Å². The van der Waals surface area contributed by atoms with Crippen molar-refractivity contribution in [1.29, 1.82) is 0 Å². The Bertz CT molecular complexity index is 1120. The van der Waals surface area contributed by atoms with Crippen LogP contribution in [0.2, 0.25) is 0 Å². The number of carbonyl (C=O) groups excluding carboxylic acids is 1. The minimum absolute atomic E-state index is 0.0135. The van der Waals surface area contributed by atoms with Gasteiger partial charge in [-0.1, -0.05) is 11.3 Å². The molecule has 3 rings (SSSR count). The number of benzene rings is 2. The number of carboxylic acids is 1. The molecule has 0 atom stereocenters. The molecule has 0 spiro atoms. The number of esters is 1. The molecule has 140 valence electrons.